The number of nitrogens with zero attached hydrogens (tertiary/aromatic N) is 2. The molecule has 1 fully saturated rings. The summed E-state index contributed by atoms with van der Waals surface area (Å²) >= 11 is 0. The van der Waals surface area contributed by atoms with Gasteiger partial charge in [-0.15, -0.1) is 0 Å². The van der Waals surface area contributed by atoms with Gasteiger partial charge in [0.05, 0.1) is 0 Å². The van der Waals surface area contributed by atoms with Gasteiger partial charge in [-0.1, -0.05) is 30.3 Å². The largest absolute Gasteiger partial charge is 0.367 e. The first-order chi connectivity index (χ1) is 11.7. The first-order valence-electron chi connectivity index (χ1n) is 8.66. The second kappa shape index (κ2) is 6.29. The number of nitrogens with two attached hydrogens (primary N) is 1. The van der Waals surface area contributed by atoms with Crippen LogP contribution < -0.4 is 10.6 Å². The quantitative estimate of drug-likeness (QED) is 0.946. The van der Waals surface area contributed by atoms with E-state index in [9.17, 15) is 4.79 Å². The molecule has 24 heavy (non-hydrogen) atoms. The second-order valence-electron chi connectivity index (χ2n) is 6.85. The zero-order valence-electron chi connectivity index (χ0n) is 13.8. The first-order valence-corrected chi connectivity index (χ1v) is 8.66. The van der Waals surface area contributed by atoms with Crippen LogP contribution in [0, 0.1) is 0 Å². The van der Waals surface area contributed by atoms with Crippen molar-refractivity contribution < 1.29 is 4.79 Å². The minimum absolute atomic E-state index is 0.361. The lowest BCUT2D eigenvalue weighted by molar-refractivity contribution is 0.1000. The maximum absolute atomic E-state index is 11.4. The Hall–Kier alpha value is -2.33. The topological polar surface area (TPSA) is 49.6 Å². The molecule has 0 radical (unpaired) electrons. The van der Waals surface area contributed by atoms with E-state index in [1.807, 2.05) is 12.1 Å². The van der Waals surface area contributed by atoms with Gasteiger partial charge in [-0.2, -0.15) is 0 Å². The Morgan fingerprint density at radius 1 is 1.17 bits per heavy atom. The minimum Gasteiger partial charge on any atom is -0.367 e. The zero-order valence-corrected chi connectivity index (χ0v) is 13.8. The number of amides is 1. The van der Waals surface area contributed by atoms with E-state index in [-0.39, 0.29) is 5.91 Å². The maximum Gasteiger partial charge on any atom is 0.248 e. The Morgan fingerprint density at radius 2 is 2.04 bits per heavy atom. The Balaban J connectivity index is 1.60. The first kappa shape index (κ1) is 15.2. The molecule has 0 saturated carbocycles. The van der Waals surface area contributed by atoms with Crippen molar-refractivity contribution in [3.63, 3.8) is 0 Å². The summed E-state index contributed by atoms with van der Waals surface area (Å²) in [5.74, 6) is -0.361. The lowest BCUT2D eigenvalue weighted by Gasteiger charge is -2.27. The highest BCUT2D eigenvalue weighted by atomic mass is 16.1. The van der Waals surface area contributed by atoms with Crippen LogP contribution in [0.5, 0.6) is 0 Å². The van der Waals surface area contributed by atoms with E-state index in [1.165, 1.54) is 24.1 Å². The molecule has 4 heteroatoms. The molecule has 1 amide bonds. The van der Waals surface area contributed by atoms with Gasteiger partial charge >= 0.3 is 0 Å². The van der Waals surface area contributed by atoms with Crippen LogP contribution in [0.15, 0.2) is 48.5 Å². The third-order valence-electron chi connectivity index (χ3n) is 5.16. The highest BCUT2D eigenvalue weighted by Gasteiger charge is 2.31. The predicted molar refractivity (Wildman–Crippen MR) is 95.9 cm³/mol. The van der Waals surface area contributed by atoms with E-state index in [0.717, 1.165) is 31.7 Å². The van der Waals surface area contributed by atoms with Gasteiger partial charge in [0.1, 0.15) is 0 Å². The smallest absolute Gasteiger partial charge is 0.248 e. The van der Waals surface area contributed by atoms with Gasteiger partial charge in [0.2, 0.25) is 5.91 Å². The number of para-hydroxylation sites is 1. The summed E-state index contributed by atoms with van der Waals surface area (Å²) in [7, 11) is 0. The average molecular weight is 321 g/mol. The molecule has 0 aromatic heterocycles. The predicted octanol–water partition coefficient (Wildman–Crippen LogP) is 2.77. The van der Waals surface area contributed by atoms with Crippen molar-refractivity contribution in [2.24, 2.45) is 5.73 Å². The van der Waals surface area contributed by atoms with Gasteiger partial charge in [-0.05, 0) is 42.2 Å². The summed E-state index contributed by atoms with van der Waals surface area (Å²) in [4.78, 5) is 16.5. The summed E-state index contributed by atoms with van der Waals surface area (Å²) in [5.41, 5.74) is 9.94. The highest BCUT2D eigenvalue weighted by molar-refractivity contribution is 5.92. The lowest BCUT2D eigenvalue weighted by Crippen LogP contribution is -2.37. The third kappa shape index (κ3) is 2.89. The number of primary amides is 1. The molecule has 1 saturated heterocycles. The average Bonchev–Trinajstić information content (AvgIpc) is 2.98. The number of hydrogen-bond donors (Lipinski definition) is 1. The Morgan fingerprint density at radius 3 is 2.92 bits per heavy atom. The van der Waals surface area contributed by atoms with Crippen molar-refractivity contribution in [1.29, 1.82) is 0 Å². The fourth-order valence-corrected chi connectivity index (χ4v) is 4.07. The van der Waals surface area contributed by atoms with E-state index in [0.29, 0.717) is 11.6 Å². The molecule has 2 heterocycles. The maximum atomic E-state index is 11.4. The van der Waals surface area contributed by atoms with Crippen molar-refractivity contribution in [1.82, 2.24) is 4.90 Å². The summed E-state index contributed by atoms with van der Waals surface area (Å²) < 4.78 is 0. The molecule has 2 aliphatic heterocycles. The fourth-order valence-electron chi connectivity index (χ4n) is 4.07. The zero-order chi connectivity index (χ0) is 16.5. The van der Waals surface area contributed by atoms with Crippen LogP contribution in [-0.2, 0) is 13.1 Å². The van der Waals surface area contributed by atoms with Crippen molar-refractivity contribution in [3.05, 3.63) is 65.2 Å². The van der Waals surface area contributed by atoms with E-state index < -0.39 is 0 Å². The number of rotatable bonds is 3. The molecule has 0 bridgehead atoms. The van der Waals surface area contributed by atoms with Crippen LogP contribution in [0.3, 0.4) is 0 Å². The van der Waals surface area contributed by atoms with E-state index in [2.05, 4.69) is 40.1 Å². The molecular weight excluding hydrogens is 298 g/mol. The van der Waals surface area contributed by atoms with E-state index in [4.69, 9.17) is 5.73 Å². The second-order valence-corrected chi connectivity index (χ2v) is 6.85. The molecule has 0 unspecified atom stereocenters. The molecule has 2 aromatic carbocycles. The monoisotopic (exact) mass is 321 g/mol. The Bertz CT molecular complexity index is 758. The number of hydrogen-bond acceptors (Lipinski definition) is 3. The number of anilines is 1. The number of carbonyl (C=O) groups is 1. The third-order valence-corrected chi connectivity index (χ3v) is 5.16. The highest BCUT2D eigenvalue weighted by Crippen LogP contribution is 2.33. The molecule has 2 aliphatic rings. The van der Waals surface area contributed by atoms with Gasteiger partial charge in [-0.3, -0.25) is 9.69 Å². The van der Waals surface area contributed by atoms with E-state index in [1.54, 1.807) is 6.07 Å². The van der Waals surface area contributed by atoms with Gasteiger partial charge in [0, 0.05) is 43.5 Å². The molecular formula is C20H23N3O. The van der Waals surface area contributed by atoms with Gasteiger partial charge in [0.15, 0.2) is 0 Å². The van der Waals surface area contributed by atoms with Crippen LogP contribution in [0.2, 0.25) is 0 Å². The number of carbonyl (C=O) groups excluding carboxylic acids is 1. The van der Waals surface area contributed by atoms with Crippen molar-refractivity contribution in [2.75, 3.05) is 18.0 Å². The molecule has 2 aromatic rings. The number of fused-ring (bicyclic) bond motifs is 3. The van der Waals surface area contributed by atoms with Crippen LogP contribution in [0.25, 0.3) is 0 Å². The van der Waals surface area contributed by atoms with Crippen LogP contribution in [0.1, 0.15) is 34.3 Å². The molecule has 0 aliphatic carbocycles. The van der Waals surface area contributed by atoms with Crippen LogP contribution in [0.4, 0.5) is 5.69 Å². The molecule has 1 atom stereocenters. The van der Waals surface area contributed by atoms with Gasteiger partial charge < -0.3 is 10.6 Å². The standard InChI is InChI=1S/C20H23N3O/c21-20(24)16-7-3-5-15(11-16)12-22-13-17-6-1-2-9-19(17)23-10-4-8-18(23)14-22/h1-3,5-7,9,11,18H,4,8,10,12-14H2,(H2,21,24)/t18-/m1/s1. The molecule has 2 N–H and O–H groups in total. The lowest BCUT2D eigenvalue weighted by atomic mass is 10.1. The number of benzene rings is 2. The van der Waals surface area contributed by atoms with Crippen molar-refractivity contribution in [2.45, 2.75) is 32.0 Å². The van der Waals surface area contributed by atoms with Gasteiger partial charge in [0.25, 0.3) is 0 Å². The molecule has 4 rings (SSSR count). The summed E-state index contributed by atoms with van der Waals surface area (Å²) in [6, 6.07) is 17.1. The fraction of sp³-hybridized carbons (Fsp3) is 0.350. The summed E-state index contributed by atoms with van der Waals surface area (Å²) in [6.07, 6.45) is 2.52. The van der Waals surface area contributed by atoms with Crippen LogP contribution >= 0.6 is 0 Å². The van der Waals surface area contributed by atoms with Crippen molar-refractivity contribution in [3.8, 4) is 0 Å². The minimum atomic E-state index is -0.361. The van der Waals surface area contributed by atoms with E-state index >= 15 is 0 Å². The van der Waals surface area contributed by atoms with Crippen LogP contribution in [-0.4, -0.2) is 29.9 Å². The molecule has 124 valence electrons. The van der Waals surface area contributed by atoms with Gasteiger partial charge in [-0.25, -0.2) is 0 Å². The summed E-state index contributed by atoms with van der Waals surface area (Å²) in [6.45, 7) is 4.02. The Kier molecular flexibility index (Phi) is 3.98. The molecule has 4 nitrogen and oxygen atoms in total. The Labute approximate surface area is 142 Å². The summed E-state index contributed by atoms with van der Waals surface area (Å²) in [5, 5.41) is 0. The normalized spacial score (nSPS) is 20.3. The van der Waals surface area contributed by atoms with Crippen molar-refractivity contribution >= 4 is 11.6 Å². The molecule has 0 spiro atoms. The SMILES string of the molecule is NC(=O)c1cccc(CN2Cc3ccccc3N3CCC[C@@H]3C2)c1.